The van der Waals surface area contributed by atoms with Crippen LogP contribution in [-0.2, 0) is 0 Å². The van der Waals surface area contributed by atoms with Crippen molar-refractivity contribution < 1.29 is 0 Å². The van der Waals surface area contributed by atoms with Gasteiger partial charge in [-0.05, 0) is 58.7 Å². The molecule has 1 aliphatic rings. The molecule has 4 nitrogen and oxygen atoms in total. The summed E-state index contributed by atoms with van der Waals surface area (Å²) in [4.78, 5) is 11.1. The molecule has 0 atom stereocenters. The number of anilines is 1. The van der Waals surface area contributed by atoms with E-state index < -0.39 is 0 Å². The van der Waals surface area contributed by atoms with Gasteiger partial charge in [0.05, 0.1) is 0 Å². The molecule has 0 radical (unpaired) electrons. The Balaban J connectivity index is 2.07. The smallest absolute Gasteiger partial charge is 0.132 e. The fourth-order valence-electron chi connectivity index (χ4n) is 2.52. The van der Waals surface area contributed by atoms with Crippen LogP contribution in [-0.4, -0.2) is 35.6 Å². The molecule has 2 rings (SSSR count). The maximum Gasteiger partial charge on any atom is 0.132 e. The molecule has 1 aromatic rings. The van der Waals surface area contributed by atoms with Gasteiger partial charge in [-0.1, -0.05) is 0 Å². The topological polar surface area (TPSA) is 41.1 Å². The summed E-state index contributed by atoms with van der Waals surface area (Å²) in [5.41, 5.74) is 0. The molecule has 0 spiro atoms. The third-order valence-electron chi connectivity index (χ3n) is 3.59. The van der Waals surface area contributed by atoms with Crippen molar-refractivity contribution in [3.8, 4) is 0 Å². The third kappa shape index (κ3) is 3.42. The zero-order valence-electron chi connectivity index (χ0n) is 11.7. The van der Waals surface area contributed by atoms with E-state index in [1.165, 1.54) is 12.8 Å². The van der Waals surface area contributed by atoms with Crippen LogP contribution in [0, 0.1) is 12.8 Å². The summed E-state index contributed by atoms with van der Waals surface area (Å²) in [5.74, 6) is 2.70. The van der Waals surface area contributed by atoms with E-state index in [1.54, 1.807) is 0 Å². The number of aryl methyl sites for hydroxylation is 1. The number of aromatic nitrogens is 2. The molecule has 2 heterocycles. The van der Waals surface area contributed by atoms with Crippen molar-refractivity contribution in [3.63, 3.8) is 0 Å². The van der Waals surface area contributed by atoms with Gasteiger partial charge in [0.1, 0.15) is 11.6 Å². The monoisotopic (exact) mass is 248 g/mol. The Hall–Kier alpha value is -1.16. The summed E-state index contributed by atoms with van der Waals surface area (Å²) in [6.07, 6.45) is 4.40. The number of hydrogen-bond donors (Lipinski definition) is 1. The summed E-state index contributed by atoms with van der Waals surface area (Å²) < 4.78 is 0. The third-order valence-corrected chi connectivity index (χ3v) is 3.59. The minimum Gasteiger partial charge on any atom is -0.354 e. The Labute approximate surface area is 110 Å². The van der Waals surface area contributed by atoms with Gasteiger partial charge in [0.25, 0.3) is 0 Å². The molecule has 18 heavy (non-hydrogen) atoms. The lowest BCUT2D eigenvalue weighted by Crippen LogP contribution is -2.40. The molecular formula is C14H24N4. The summed E-state index contributed by atoms with van der Waals surface area (Å²) in [7, 11) is 0. The zero-order chi connectivity index (χ0) is 13.0. The van der Waals surface area contributed by atoms with Crippen LogP contribution in [0.15, 0.2) is 12.3 Å². The Bertz CT molecular complexity index is 372. The molecule has 1 aliphatic heterocycles. The van der Waals surface area contributed by atoms with Crippen LogP contribution < -0.4 is 10.2 Å². The number of hydrogen-bond acceptors (Lipinski definition) is 4. The average molecular weight is 248 g/mol. The van der Waals surface area contributed by atoms with E-state index in [2.05, 4.69) is 34.0 Å². The van der Waals surface area contributed by atoms with Gasteiger partial charge >= 0.3 is 0 Å². The second-order valence-electron chi connectivity index (χ2n) is 5.40. The van der Waals surface area contributed by atoms with Gasteiger partial charge in [0.15, 0.2) is 0 Å². The predicted molar refractivity (Wildman–Crippen MR) is 74.8 cm³/mol. The molecular weight excluding hydrogens is 224 g/mol. The Morgan fingerprint density at radius 1 is 1.39 bits per heavy atom. The van der Waals surface area contributed by atoms with Gasteiger partial charge in [0, 0.05) is 18.8 Å². The molecule has 4 heteroatoms. The number of nitrogens with zero attached hydrogens (tertiary/aromatic N) is 3. The Morgan fingerprint density at radius 3 is 2.72 bits per heavy atom. The molecule has 0 saturated carbocycles. The number of piperidine rings is 1. The van der Waals surface area contributed by atoms with Gasteiger partial charge in [-0.2, -0.15) is 0 Å². The van der Waals surface area contributed by atoms with Crippen LogP contribution in [0.25, 0.3) is 0 Å². The van der Waals surface area contributed by atoms with Crippen LogP contribution in [0.2, 0.25) is 0 Å². The molecule has 100 valence electrons. The normalized spacial score (nSPS) is 17.1. The highest BCUT2D eigenvalue weighted by molar-refractivity contribution is 5.38. The van der Waals surface area contributed by atoms with Crippen LogP contribution >= 0.6 is 0 Å². The molecule has 0 amide bonds. The highest BCUT2D eigenvalue weighted by Gasteiger charge is 2.20. The minimum absolute atomic E-state index is 0.481. The van der Waals surface area contributed by atoms with Gasteiger partial charge < -0.3 is 10.2 Å². The second kappa shape index (κ2) is 6.14. The number of rotatable bonds is 4. The van der Waals surface area contributed by atoms with E-state index in [0.29, 0.717) is 6.04 Å². The predicted octanol–water partition coefficient (Wildman–Crippen LogP) is 2.00. The largest absolute Gasteiger partial charge is 0.354 e. The van der Waals surface area contributed by atoms with E-state index in [1.807, 2.05) is 19.2 Å². The zero-order valence-corrected chi connectivity index (χ0v) is 11.7. The van der Waals surface area contributed by atoms with Crippen LogP contribution in [0.5, 0.6) is 0 Å². The quantitative estimate of drug-likeness (QED) is 0.885. The summed E-state index contributed by atoms with van der Waals surface area (Å²) in [5, 5.41) is 3.42. The van der Waals surface area contributed by atoms with E-state index in [-0.39, 0.29) is 0 Å². The van der Waals surface area contributed by atoms with Crippen LogP contribution in [0.3, 0.4) is 0 Å². The summed E-state index contributed by atoms with van der Waals surface area (Å²) in [6.45, 7) is 9.83. The maximum atomic E-state index is 4.56. The highest BCUT2D eigenvalue weighted by Crippen LogP contribution is 2.20. The fraction of sp³-hybridized carbons (Fsp3) is 0.714. The molecule has 0 aromatic carbocycles. The van der Waals surface area contributed by atoms with Gasteiger partial charge in [-0.15, -0.1) is 0 Å². The van der Waals surface area contributed by atoms with Crippen molar-refractivity contribution in [1.29, 1.82) is 0 Å². The van der Waals surface area contributed by atoms with E-state index in [4.69, 9.17) is 0 Å². The van der Waals surface area contributed by atoms with Crippen molar-refractivity contribution in [3.05, 3.63) is 18.1 Å². The lowest BCUT2D eigenvalue weighted by atomic mass is 9.97. The fourth-order valence-corrected chi connectivity index (χ4v) is 2.52. The van der Waals surface area contributed by atoms with Crippen molar-refractivity contribution in [2.24, 2.45) is 5.92 Å². The first-order valence-electron chi connectivity index (χ1n) is 6.94. The van der Waals surface area contributed by atoms with Crippen LogP contribution in [0.1, 0.15) is 32.5 Å². The van der Waals surface area contributed by atoms with Crippen molar-refractivity contribution in [1.82, 2.24) is 15.3 Å². The first-order valence-corrected chi connectivity index (χ1v) is 6.94. The molecule has 1 fully saturated rings. The molecule has 0 aliphatic carbocycles. The average Bonchev–Trinajstić information content (AvgIpc) is 2.37. The maximum absolute atomic E-state index is 4.56. The number of nitrogens with one attached hydrogen (secondary N) is 1. The molecule has 0 unspecified atom stereocenters. The molecule has 1 saturated heterocycles. The lowest BCUT2D eigenvalue weighted by molar-refractivity contribution is 0.367. The van der Waals surface area contributed by atoms with Crippen LogP contribution in [0.4, 0.5) is 5.82 Å². The van der Waals surface area contributed by atoms with Gasteiger partial charge in [-0.25, -0.2) is 9.97 Å². The van der Waals surface area contributed by atoms with Gasteiger partial charge in [-0.3, -0.25) is 0 Å². The van der Waals surface area contributed by atoms with E-state index >= 15 is 0 Å². The first-order chi connectivity index (χ1) is 8.66. The minimum atomic E-state index is 0.481. The molecule has 1 N–H and O–H groups in total. The summed E-state index contributed by atoms with van der Waals surface area (Å²) >= 11 is 0. The Kier molecular flexibility index (Phi) is 4.53. The molecule has 0 bridgehead atoms. The highest BCUT2D eigenvalue weighted by atomic mass is 15.2. The lowest BCUT2D eigenvalue weighted by Gasteiger charge is -2.33. The Morgan fingerprint density at radius 2 is 2.11 bits per heavy atom. The first kappa shape index (κ1) is 13.3. The molecule has 1 aromatic heterocycles. The second-order valence-corrected chi connectivity index (χ2v) is 5.40. The standard InChI is InChI=1S/C14H24N4/c1-11(2)18(10-13-4-7-15-8-5-13)14-6-9-16-12(3)17-14/h6,9,11,13,15H,4-5,7-8,10H2,1-3H3. The van der Waals surface area contributed by atoms with Gasteiger partial charge in [0.2, 0.25) is 0 Å². The van der Waals surface area contributed by atoms with E-state index in [0.717, 1.165) is 37.2 Å². The van der Waals surface area contributed by atoms with Crippen molar-refractivity contribution in [2.75, 3.05) is 24.5 Å². The summed E-state index contributed by atoms with van der Waals surface area (Å²) in [6, 6.07) is 2.50. The van der Waals surface area contributed by atoms with E-state index in [9.17, 15) is 0 Å². The van der Waals surface area contributed by atoms with Crippen molar-refractivity contribution in [2.45, 2.75) is 39.7 Å². The SMILES string of the molecule is Cc1nccc(N(CC2CCNCC2)C(C)C)n1. The van der Waals surface area contributed by atoms with Crippen molar-refractivity contribution >= 4 is 5.82 Å².